The SMILES string of the molecule is CCOc1cc(Cl)c(C(Br)C2CCCOC2)cc1Cl. The van der Waals surface area contributed by atoms with Crippen LogP contribution in [-0.2, 0) is 4.74 Å². The van der Waals surface area contributed by atoms with Gasteiger partial charge in [0.25, 0.3) is 0 Å². The van der Waals surface area contributed by atoms with Crippen molar-refractivity contribution >= 4 is 39.1 Å². The van der Waals surface area contributed by atoms with Crippen molar-refractivity contribution in [1.82, 2.24) is 0 Å². The third-order valence-electron chi connectivity index (χ3n) is 3.26. The molecule has 2 rings (SSSR count). The van der Waals surface area contributed by atoms with Gasteiger partial charge in [-0.15, -0.1) is 0 Å². The van der Waals surface area contributed by atoms with E-state index in [2.05, 4.69) is 15.9 Å². The van der Waals surface area contributed by atoms with Gasteiger partial charge < -0.3 is 9.47 Å². The molecule has 0 spiro atoms. The molecule has 19 heavy (non-hydrogen) atoms. The Kier molecular flexibility index (Phi) is 5.82. The monoisotopic (exact) mass is 366 g/mol. The molecule has 2 atom stereocenters. The zero-order valence-electron chi connectivity index (χ0n) is 10.8. The summed E-state index contributed by atoms with van der Waals surface area (Å²) in [5.41, 5.74) is 1.01. The van der Waals surface area contributed by atoms with Crippen molar-refractivity contribution in [2.24, 2.45) is 5.92 Å². The summed E-state index contributed by atoms with van der Waals surface area (Å²) < 4.78 is 11.0. The number of alkyl halides is 1. The summed E-state index contributed by atoms with van der Waals surface area (Å²) in [6, 6.07) is 3.68. The maximum Gasteiger partial charge on any atom is 0.139 e. The third kappa shape index (κ3) is 3.78. The lowest BCUT2D eigenvalue weighted by atomic mass is 9.94. The van der Waals surface area contributed by atoms with E-state index in [0.717, 1.165) is 31.6 Å². The van der Waals surface area contributed by atoms with Gasteiger partial charge in [-0.1, -0.05) is 39.1 Å². The van der Waals surface area contributed by atoms with E-state index in [-0.39, 0.29) is 4.83 Å². The third-order valence-corrected chi connectivity index (χ3v) is 5.12. The molecule has 0 N–H and O–H groups in total. The van der Waals surface area contributed by atoms with E-state index < -0.39 is 0 Å². The molecule has 2 unspecified atom stereocenters. The van der Waals surface area contributed by atoms with Crippen molar-refractivity contribution in [3.63, 3.8) is 0 Å². The lowest BCUT2D eigenvalue weighted by Crippen LogP contribution is -2.21. The number of halogens is 3. The average molecular weight is 368 g/mol. The summed E-state index contributed by atoms with van der Waals surface area (Å²) >= 11 is 16.3. The van der Waals surface area contributed by atoms with E-state index >= 15 is 0 Å². The smallest absolute Gasteiger partial charge is 0.139 e. The second-order valence-corrected chi connectivity index (χ2v) is 6.42. The first-order valence-electron chi connectivity index (χ1n) is 6.47. The van der Waals surface area contributed by atoms with Gasteiger partial charge >= 0.3 is 0 Å². The Hall–Kier alpha value is 0.0400. The van der Waals surface area contributed by atoms with Gasteiger partial charge in [0.15, 0.2) is 0 Å². The van der Waals surface area contributed by atoms with Gasteiger partial charge in [0.1, 0.15) is 5.75 Å². The van der Waals surface area contributed by atoms with E-state index in [9.17, 15) is 0 Å². The van der Waals surface area contributed by atoms with Crippen LogP contribution in [0.25, 0.3) is 0 Å². The van der Waals surface area contributed by atoms with E-state index in [1.165, 1.54) is 0 Å². The standard InChI is InChI=1S/C14H17BrCl2O2/c1-2-19-13-7-11(16)10(6-12(13)17)14(15)9-4-3-5-18-8-9/h6-7,9,14H,2-5,8H2,1H3. The number of rotatable bonds is 4. The molecule has 0 aliphatic carbocycles. The molecular formula is C14H17BrCl2O2. The molecule has 106 valence electrons. The highest BCUT2D eigenvalue weighted by atomic mass is 79.9. The molecule has 1 aliphatic heterocycles. The summed E-state index contributed by atoms with van der Waals surface area (Å²) in [5.74, 6) is 1.07. The van der Waals surface area contributed by atoms with Gasteiger partial charge in [-0.2, -0.15) is 0 Å². The van der Waals surface area contributed by atoms with Crippen LogP contribution in [0.15, 0.2) is 12.1 Å². The summed E-state index contributed by atoms with van der Waals surface area (Å²) in [6.07, 6.45) is 2.23. The van der Waals surface area contributed by atoms with Crippen molar-refractivity contribution in [2.75, 3.05) is 19.8 Å². The highest BCUT2D eigenvalue weighted by Crippen LogP contribution is 2.42. The van der Waals surface area contributed by atoms with Crippen LogP contribution in [0.2, 0.25) is 10.0 Å². The summed E-state index contributed by atoms with van der Waals surface area (Å²) in [7, 11) is 0. The maximum atomic E-state index is 6.34. The van der Waals surface area contributed by atoms with E-state index in [0.29, 0.717) is 28.3 Å². The number of ether oxygens (including phenoxy) is 2. The first-order chi connectivity index (χ1) is 9.13. The Morgan fingerprint density at radius 1 is 1.42 bits per heavy atom. The number of benzene rings is 1. The van der Waals surface area contributed by atoms with Crippen LogP contribution in [0, 0.1) is 5.92 Å². The molecule has 1 aromatic rings. The minimum atomic E-state index is 0.161. The van der Waals surface area contributed by atoms with Gasteiger partial charge in [-0.3, -0.25) is 0 Å². The van der Waals surface area contributed by atoms with Crippen LogP contribution >= 0.6 is 39.1 Å². The molecule has 0 bridgehead atoms. The van der Waals surface area contributed by atoms with Gasteiger partial charge in [0.05, 0.1) is 18.2 Å². The highest BCUT2D eigenvalue weighted by molar-refractivity contribution is 9.09. The van der Waals surface area contributed by atoms with Crippen LogP contribution in [0.4, 0.5) is 0 Å². The molecule has 1 heterocycles. The fourth-order valence-electron chi connectivity index (χ4n) is 2.27. The van der Waals surface area contributed by atoms with Crippen molar-refractivity contribution in [1.29, 1.82) is 0 Å². The largest absolute Gasteiger partial charge is 0.492 e. The molecule has 1 saturated heterocycles. The summed E-state index contributed by atoms with van der Waals surface area (Å²) in [5, 5.41) is 1.28. The second-order valence-electron chi connectivity index (χ2n) is 4.62. The first-order valence-corrected chi connectivity index (χ1v) is 8.14. The minimum absolute atomic E-state index is 0.161. The van der Waals surface area contributed by atoms with Crippen molar-refractivity contribution < 1.29 is 9.47 Å². The van der Waals surface area contributed by atoms with Crippen LogP contribution in [0.1, 0.15) is 30.2 Å². The molecule has 2 nitrogen and oxygen atoms in total. The number of hydrogen-bond acceptors (Lipinski definition) is 2. The average Bonchev–Trinajstić information content (AvgIpc) is 2.43. The van der Waals surface area contributed by atoms with Crippen molar-refractivity contribution in [2.45, 2.75) is 24.6 Å². The number of hydrogen-bond donors (Lipinski definition) is 0. The molecule has 1 fully saturated rings. The molecule has 1 aromatic carbocycles. The maximum absolute atomic E-state index is 6.34. The predicted octanol–water partition coefficient (Wildman–Crippen LogP) is 5.25. The first kappa shape index (κ1) is 15.4. The summed E-state index contributed by atoms with van der Waals surface area (Å²) in [6.45, 7) is 4.11. The Morgan fingerprint density at radius 2 is 2.21 bits per heavy atom. The van der Waals surface area contributed by atoms with E-state index in [1.54, 1.807) is 6.07 Å². The summed E-state index contributed by atoms with van der Waals surface area (Å²) in [4.78, 5) is 0.161. The Balaban J connectivity index is 2.21. The zero-order valence-corrected chi connectivity index (χ0v) is 13.9. The van der Waals surface area contributed by atoms with Gasteiger partial charge in [0.2, 0.25) is 0 Å². The van der Waals surface area contributed by atoms with Crippen molar-refractivity contribution in [3.05, 3.63) is 27.7 Å². The van der Waals surface area contributed by atoms with E-state index in [4.69, 9.17) is 32.7 Å². The Morgan fingerprint density at radius 3 is 2.84 bits per heavy atom. The van der Waals surface area contributed by atoms with Crippen LogP contribution < -0.4 is 4.74 Å². The topological polar surface area (TPSA) is 18.5 Å². The fraction of sp³-hybridized carbons (Fsp3) is 0.571. The van der Waals surface area contributed by atoms with Crippen LogP contribution in [0.5, 0.6) is 5.75 Å². The molecule has 0 amide bonds. The lowest BCUT2D eigenvalue weighted by Gasteiger charge is -2.27. The van der Waals surface area contributed by atoms with Crippen LogP contribution in [-0.4, -0.2) is 19.8 Å². The fourth-order valence-corrected chi connectivity index (χ4v) is 3.70. The quantitative estimate of drug-likeness (QED) is 0.676. The molecule has 0 aromatic heterocycles. The van der Waals surface area contributed by atoms with Gasteiger partial charge in [-0.25, -0.2) is 0 Å². The van der Waals surface area contributed by atoms with E-state index in [1.807, 2.05) is 13.0 Å². The van der Waals surface area contributed by atoms with Gasteiger partial charge in [0, 0.05) is 22.5 Å². The molecule has 1 aliphatic rings. The Labute approximate surface area is 132 Å². The minimum Gasteiger partial charge on any atom is -0.492 e. The predicted molar refractivity (Wildman–Crippen MR) is 82.8 cm³/mol. The molecule has 0 radical (unpaired) electrons. The molecule has 5 heteroatoms. The normalized spacial score (nSPS) is 21.2. The second kappa shape index (κ2) is 7.16. The lowest BCUT2D eigenvalue weighted by molar-refractivity contribution is 0.0546. The highest BCUT2D eigenvalue weighted by Gasteiger charge is 2.26. The Bertz CT molecular complexity index is 434. The molecule has 0 saturated carbocycles. The van der Waals surface area contributed by atoms with Gasteiger partial charge in [-0.05, 0) is 37.3 Å². The zero-order chi connectivity index (χ0) is 13.8. The van der Waals surface area contributed by atoms with Crippen LogP contribution in [0.3, 0.4) is 0 Å². The molecular weight excluding hydrogens is 351 g/mol. The van der Waals surface area contributed by atoms with Crippen molar-refractivity contribution in [3.8, 4) is 5.75 Å².